The van der Waals surface area contributed by atoms with Crippen molar-refractivity contribution in [1.82, 2.24) is 0 Å². The number of para-hydroxylation sites is 3. The zero-order valence-corrected chi connectivity index (χ0v) is 97.2. The van der Waals surface area contributed by atoms with E-state index in [1.807, 2.05) is 0 Å². The molecule has 700 valence electrons. The summed E-state index contributed by atoms with van der Waals surface area (Å²) in [6, 6.07) is 128. The van der Waals surface area contributed by atoms with Crippen LogP contribution in [-0.2, 0) is 96.8 Å². The third-order valence-electron chi connectivity index (χ3n) is 23.0. The fourth-order valence-electron chi connectivity index (χ4n) is 15.4. The van der Waals surface area contributed by atoms with E-state index in [0.717, 1.165) is 84.7 Å². The number of rotatable bonds is 30. The predicted octanol–water partition coefficient (Wildman–Crippen LogP) is 32.5. The molecule has 15 rings (SSSR count). The van der Waals surface area contributed by atoms with Gasteiger partial charge in [0.15, 0.2) is 0 Å². The second-order valence-corrected chi connectivity index (χ2v) is 39.0. The van der Waals surface area contributed by atoms with Crippen LogP contribution in [-0.4, -0.2) is 22.0 Å². The first-order valence-corrected chi connectivity index (χ1v) is 55.1. The summed E-state index contributed by atoms with van der Waals surface area (Å²) >= 11 is 7.17. The standard InChI is InChI=1S/5C26H24N.5W/c1-5-11-24(23-15-10-12-20(2)18-23)19-27(25-16-8-6-13-21(25)3)26-17-9-7-14-22(26)4;1-5-10-23(25-13-8-6-11-21(25)3)19-27(24-17-15-20(2)16-18-24)26-14-9-7-12-22(26)4;1-5-10-23(26-16-7-6-13-22(26)4)19-27(24-14-8-11-20(2)17-24)25-15-9-12-21(3)18-25;1-5-9-23(26-13-7-6-11-22(26)4)19-27(24-16-14-20(2)15-17-24)25-12-8-10-21(3)18-25;1-5-8-23(26-10-7-6-9-22(26)4)19-27(24-15-11-20(2)12-16-24)25-17-13-21(3)14-18-25;;;;;/h5*1,5-18H,2-4H3;;;;;/q5*-1;;;;;. The van der Waals surface area contributed by atoms with Crippen molar-refractivity contribution in [2.45, 2.75) is 104 Å². The average Bonchev–Trinajstić information content (AvgIpc) is 0.822. The maximum atomic E-state index is 3.70. The van der Waals surface area contributed by atoms with Gasteiger partial charge in [-0.05, 0) is 0 Å². The molecule has 0 atom stereocenters. The van der Waals surface area contributed by atoms with Gasteiger partial charge in [-0.3, -0.25) is 0 Å². The molecular weight excluding hydrogens is 2550 g/mol. The fraction of sp³-hybridized carbons (Fsp3) is 0.115. The summed E-state index contributed by atoms with van der Waals surface area (Å²) in [5.74, 6) is 0. The number of anilines is 10. The Bertz CT molecular complexity index is 6900. The van der Waals surface area contributed by atoms with Gasteiger partial charge < -0.3 is 0 Å². The Morgan fingerprint density at radius 2 is 0.393 bits per heavy atom. The van der Waals surface area contributed by atoms with Gasteiger partial charge in [-0.1, -0.05) is 0 Å². The Balaban J connectivity index is 0.000000167. The van der Waals surface area contributed by atoms with Crippen molar-refractivity contribution < 1.29 is 96.8 Å². The van der Waals surface area contributed by atoms with E-state index in [1.54, 1.807) is 0 Å². The minimum atomic E-state index is 1.06. The molecule has 0 heterocycles. The Hall–Kier alpha value is -12.5. The van der Waals surface area contributed by atoms with Gasteiger partial charge in [0.05, 0.1) is 0 Å². The predicted molar refractivity (Wildman–Crippen MR) is 588 cm³/mol. The topological polar surface area (TPSA) is 16.2 Å². The first-order valence-electron chi connectivity index (χ1n) is 46.7. The molecule has 0 saturated carbocycles. The van der Waals surface area contributed by atoms with E-state index in [1.165, 1.54) is 208 Å². The Kier molecular flexibility index (Phi) is 43.7. The zero-order valence-electron chi connectivity index (χ0n) is 82.6. The molecule has 15 aromatic carbocycles. The van der Waals surface area contributed by atoms with E-state index in [9.17, 15) is 0 Å². The molecule has 0 fully saturated rings. The van der Waals surface area contributed by atoms with Gasteiger partial charge in [-0.25, -0.2) is 0 Å². The first kappa shape index (κ1) is 108. The molecular formula is C130H120N5W5-5. The number of allylic oxidation sites excluding steroid dienone is 15. The summed E-state index contributed by atoms with van der Waals surface area (Å²) < 4.78 is 10.6. The number of hydrogen-bond acceptors (Lipinski definition) is 5. The van der Waals surface area contributed by atoms with Crippen molar-refractivity contribution >= 4 is 107 Å². The third-order valence-corrected chi connectivity index (χ3v) is 25.8. The normalized spacial score (nSPS) is 11.6. The third kappa shape index (κ3) is 32.5. The van der Waals surface area contributed by atoms with E-state index in [2.05, 4.69) is 606 Å². The second-order valence-electron chi connectivity index (χ2n) is 34.1. The van der Waals surface area contributed by atoms with Crippen LogP contribution in [0.4, 0.5) is 56.9 Å². The van der Waals surface area contributed by atoms with Crippen LogP contribution in [0.25, 0.3) is 27.9 Å². The van der Waals surface area contributed by atoms with Crippen molar-refractivity contribution in [2.24, 2.45) is 0 Å². The summed E-state index contributed by atoms with van der Waals surface area (Å²) in [6.45, 7) is 32.0. The Labute approximate surface area is 890 Å². The van der Waals surface area contributed by atoms with E-state index in [4.69, 9.17) is 0 Å². The van der Waals surface area contributed by atoms with Gasteiger partial charge in [-0.2, -0.15) is 0 Å². The van der Waals surface area contributed by atoms with E-state index in [-0.39, 0.29) is 0 Å². The molecule has 0 aliphatic rings. The van der Waals surface area contributed by atoms with Gasteiger partial charge in [-0.15, -0.1) is 0 Å². The molecule has 5 nitrogen and oxygen atoms in total. The first-order chi connectivity index (χ1) is 67.9. The van der Waals surface area contributed by atoms with Crippen molar-refractivity contribution in [1.29, 1.82) is 0 Å². The summed E-state index contributed by atoms with van der Waals surface area (Å²) in [7, 11) is 0. The van der Waals surface area contributed by atoms with Crippen molar-refractivity contribution in [3.05, 3.63) is 567 Å². The minimum absolute atomic E-state index is 1.06. The molecule has 0 aliphatic heterocycles. The molecule has 0 saturated heterocycles. The molecule has 0 bridgehead atoms. The molecule has 0 unspecified atom stereocenters. The van der Waals surface area contributed by atoms with Gasteiger partial charge in [0.25, 0.3) is 0 Å². The van der Waals surface area contributed by atoms with Gasteiger partial charge in [0.1, 0.15) is 0 Å². The van der Waals surface area contributed by atoms with Crippen molar-refractivity contribution in [3.63, 3.8) is 0 Å². The Morgan fingerprint density at radius 1 is 0.179 bits per heavy atom. The number of aryl methyl sites for hydroxylation is 15. The van der Waals surface area contributed by atoms with Crippen LogP contribution in [0.2, 0.25) is 0 Å². The van der Waals surface area contributed by atoms with Crippen LogP contribution in [0.1, 0.15) is 111 Å². The molecule has 0 radical (unpaired) electrons. The molecule has 15 aromatic rings. The van der Waals surface area contributed by atoms with E-state index >= 15 is 0 Å². The average molecular weight is 2670 g/mol. The molecule has 0 spiro atoms. The van der Waals surface area contributed by atoms with Gasteiger partial charge >= 0.3 is 899 Å². The monoisotopic (exact) mass is 2670 g/mol. The molecule has 0 N–H and O–H groups in total. The molecule has 140 heavy (non-hydrogen) atoms. The number of nitrogens with zero attached hydrogens (tertiary/aromatic N) is 5. The quantitative estimate of drug-likeness (QED) is 0.0253. The number of hydrogen-bond donors (Lipinski definition) is 0. The fourth-order valence-corrected chi connectivity index (χ4v) is 16.8. The van der Waals surface area contributed by atoms with Gasteiger partial charge in [0, 0.05) is 0 Å². The van der Waals surface area contributed by atoms with E-state index < -0.39 is 0 Å². The van der Waals surface area contributed by atoms with Crippen LogP contribution < -0.4 is 24.5 Å². The second kappa shape index (κ2) is 56.7. The van der Waals surface area contributed by atoms with Crippen LogP contribution in [0.15, 0.2) is 425 Å². The van der Waals surface area contributed by atoms with Gasteiger partial charge in [0.2, 0.25) is 0 Å². The zero-order chi connectivity index (χ0) is 99.7. The molecule has 0 aromatic heterocycles. The van der Waals surface area contributed by atoms with Crippen LogP contribution in [0.3, 0.4) is 0 Å². The summed E-state index contributed by atoms with van der Waals surface area (Å²) in [5, 5.41) is 0. The summed E-state index contributed by atoms with van der Waals surface area (Å²) in [6.07, 6.45) is 39.7. The molecule has 0 aliphatic carbocycles. The summed E-state index contributed by atoms with van der Waals surface area (Å²) in [5.41, 5.74) is 41.0. The Morgan fingerprint density at radius 3 is 0.657 bits per heavy atom. The maximum absolute atomic E-state index is 3.70. The van der Waals surface area contributed by atoms with Crippen LogP contribution >= 0.6 is 0 Å². The van der Waals surface area contributed by atoms with E-state index in [0.29, 0.717) is 0 Å². The number of benzene rings is 15. The van der Waals surface area contributed by atoms with Crippen molar-refractivity contribution in [2.75, 3.05) is 24.5 Å². The van der Waals surface area contributed by atoms with Crippen molar-refractivity contribution in [3.8, 4) is 0 Å². The summed E-state index contributed by atoms with van der Waals surface area (Å²) in [4.78, 5) is 10.8. The van der Waals surface area contributed by atoms with Crippen LogP contribution in [0.5, 0.6) is 0 Å². The van der Waals surface area contributed by atoms with Crippen LogP contribution in [0, 0.1) is 135 Å². The molecule has 0 amide bonds. The molecule has 10 heteroatoms. The SMILES string of the molecule is Cc1ccc(N([C-]=C(C=C[CH]=[W])c2ccccc2C)c2ccc(C)cc2)cc1.Cc1ccc(N([C-]=C(C=C[CH]=[W])c2ccccc2C)c2cccc(C)c2)cc1.Cc1ccc(N([C-]=C(C=C[CH]=[W])c2ccccc2C)c2ccccc2C)cc1.Cc1cccc(C(=[C-]N(c2ccccc2C)c2ccccc2C)C=C[CH]=[W])c1.Cc1cccc(N([C-]=C(C=C[CH]=[W])c2ccccc2C)c2cccc(C)c2)c1.